The largest absolute Gasteiger partial charge is 0.401 e. The molecule has 3 aliphatic heterocycles. The van der Waals surface area contributed by atoms with Crippen molar-refractivity contribution in [1.82, 2.24) is 20.4 Å². The van der Waals surface area contributed by atoms with Gasteiger partial charge in [0.15, 0.2) is 0 Å². The molecule has 3 aliphatic rings. The first kappa shape index (κ1) is 21.8. The summed E-state index contributed by atoms with van der Waals surface area (Å²) >= 11 is 0. The van der Waals surface area contributed by atoms with E-state index in [4.69, 9.17) is 0 Å². The third-order valence-corrected chi connectivity index (χ3v) is 6.18. The number of hydrogen-bond acceptors (Lipinski definition) is 5. The molecule has 7 nitrogen and oxygen atoms in total. The fourth-order valence-corrected chi connectivity index (χ4v) is 4.68. The van der Waals surface area contributed by atoms with Crippen LogP contribution < -0.4 is 10.6 Å². The van der Waals surface area contributed by atoms with Crippen LogP contribution in [0.25, 0.3) is 0 Å². The molecule has 1 unspecified atom stereocenters. The highest BCUT2D eigenvalue weighted by Crippen LogP contribution is 2.29. The number of nitrogens with zero attached hydrogens (tertiary/aromatic N) is 2. The number of rotatable bonds is 5. The summed E-state index contributed by atoms with van der Waals surface area (Å²) in [6, 6.07) is 4.22. The smallest absolute Gasteiger partial charge is 0.322 e. The number of carbonyl (C=O) groups excluding carboxylic acids is 3. The van der Waals surface area contributed by atoms with Crippen LogP contribution in [-0.4, -0.2) is 65.4 Å². The van der Waals surface area contributed by atoms with Gasteiger partial charge in [-0.3, -0.25) is 24.6 Å². The third kappa shape index (κ3) is 4.90. The van der Waals surface area contributed by atoms with Gasteiger partial charge in [0.05, 0.1) is 6.54 Å². The molecular weight excluding hydrogens is 413 g/mol. The lowest BCUT2D eigenvalue weighted by atomic mass is 10.0. The summed E-state index contributed by atoms with van der Waals surface area (Å²) in [5, 5.41) is 5.43. The van der Waals surface area contributed by atoms with Crippen LogP contribution >= 0.6 is 0 Å². The topological polar surface area (TPSA) is 81.8 Å². The van der Waals surface area contributed by atoms with Gasteiger partial charge in [0.1, 0.15) is 6.04 Å². The fraction of sp³-hybridized carbons (Fsp3) is 0.571. The predicted octanol–water partition coefficient (Wildman–Crippen LogP) is 1.56. The van der Waals surface area contributed by atoms with Gasteiger partial charge in [-0.1, -0.05) is 12.1 Å². The zero-order chi connectivity index (χ0) is 22.2. The standard InChI is InChI=1S/C21H25F3N4O3/c22-21(23,24)12-27(15-5-7-25-8-6-15)10-13-1-2-16-14(9-13)11-28(20(16)31)17-3-4-18(29)26-19(17)30/h1-2,9,15,17,25H,3-8,10-12H2,(H,26,29,30). The maximum atomic E-state index is 13.2. The summed E-state index contributed by atoms with van der Waals surface area (Å²) in [6.07, 6.45) is -2.54. The molecule has 3 heterocycles. The summed E-state index contributed by atoms with van der Waals surface area (Å²) in [6.45, 7) is 0.762. The van der Waals surface area contributed by atoms with Crippen molar-refractivity contribution >= 4 is 17.7 Å². The highest BCUT2D eigenvalue weighted by Gasteiger charge is 2.39. The molecule has 0 spiro atoms. The van der Waals surface area contributed by atoms with Crippen LogP contribution in [0, 0.1) is 0 Å². The molecule has 2 saturated heterocycles. The lowest BCUT2D eigenvalue weighted by Gasteiger charge is -2.35. The number of piperidine rings is 2. The van der Waals surface area contributed by atoms with Gasteiger partial charge in [0.25, 0.3) is 5.91 Å². The van der Waals surface area contributed by atoms with Crippen molar-refractivity contribution < 1.29 is 27.6 Å². The first-order valence-electron chi connectivity index (χ1n) is 10.5. The normalized spacial score (nSPS) is 22.8. The highest BCUT2D eigenvalue weighted by molar-refractivity contribution is 6.05. The lowest BCUT2D eigenvalue weighted by Crippen LogP contribution is -2.52. The fourth-order valence-electron chi connectivity index (χ4n) is 4.68. The molecule has 2 N–H and O–H groups in total. The van der Waals surface area contributed by atoms with Crippen molar-refractivity contribution in [3.63, 3.8) is 0 Å². The van der Waals surface area contributed by atoms with E-state index in [9.17, 15) is 27.6 Å². The number of carbonyl (C=O) groups is 3. The van der Waals surface area contributed by atoms with Crippen molar-refractivity contribution in [2.75, 3.05) is 19.6 Å². The Kier molecular flexibility index (Phi) is 6.02. The van der Waals surface area contributed by atoms with E-state index in [0.717, 1.165) is 0 Å². The summed E-state index contributed by atoms with van der Waals surface area (Å²) in [4.78, 5) is 39.2. The second kappa shape index (κ2) is 8.58. The van der Waals surface area contributed by atoms with E-state index in [2.05, 4.69) is 10.6 Å². The number of benzene rings is 1. The van der Waals surface area contributed by atoms with E-state index in [1.807, 2.05) is 0 Å². The average molecular weight is 438 g/mol. The van der Waals surface area contributed by atoms with Crippen LogP contribution in [0.4, 0.5) is 13.2 Å². The van der Waals surface area contributed by atoms with Crippen LogP contribution in [0.1, 0.15) is 47.2 Å². The van der Waals surface area contributed by atoms with Crippen molar-refractivity contribution in [2.24, 2.45) is 0 Å². The molecule has 1 atom stereocenters. The van der Waals surface area contributed by atoms with Gasteiger partial charge in [0, 0.05) is 31.1 Å². The number of fused-ring (bicyclic) bond motifs is 1. The van der Waals surface area contributed by atoms with E-state index < -0.39 is 24.7 Å². The number of imide groups is 1. The minimum Gasteiger partial charge on any atom is -0.322 e. The Balaban J connectivity index is 1.50. The molecule has 31 heavy (non-hydrogen) atoms. The molecule has 0 bridgehead atoms. The molecule has 2 fully saturated rings. The molecular formula is C21H25F3N4O3. The minimum absolute atomic E-state index is 0.143. The molecule has 0 radical (unpaired) electrons. The number of alkyl halides is 3. The van der Waals surface area contributed by atoms with Gasteiger partial charge >= 0.3 is 6.18 Å². The second-order valence-electron chi connectivity index (χ2n) is 8.39. The monoisotopic (exact) mass is 438 g/mol. The van der Waals surface area contributed by atoms with Crippen LogP contribution in [0.5, 0.6) is 0 Å². The van der Waals surface area contributed by atoms with E-state index >= 15 is 0 Å². The van der Waals surface area contributed by atoms with Gasteiger partial charge in [-0.15, -0.1) is 0 Å². The van der Waals surface area contributed by atoms with Crippen LogP contribution in [0.2, 0.25) is 0 Å². The van der Waals surface area contributed by atoms with Crippen molar-refractivity contribution in [3.8, 4) is 0 Å². The van der Waals surface area contributed by atoms with Gasteiger partial charge in [-0.05, 0) is 49.5 Å². The van der Waals surface area contributed by atoms with Crippen molar-refractivity contribution in [3.05, 3.63) is 34.9 Å². The lowest BCUT2D eigenvalue weighted by molar-refractivity contribution is -0.153. The first-order valence-corrected chi connectivity index (χ1v) is 10.5. The summed E-state index contributed by atoms with van der Waals surface area (Å²) < 4.78 is 39.6. The van der Waals surface area contributed by atoms with Crippen molar-refractivity contribution in [1.29, 1.82) is 0 Å². The number of halogens is 3. The van der Waals surface area contributed by atoms with Gasteiger partial charge < -0.3 is 10.2 Å². The number of amides is 3. The van der Waals surface area contributed by atoms with E-state index in [0.29, 0.717) is 42.6 Å². The summed E-state index contributed by atoms with van der Waals surface area (Å²) in [5.41, 5.74) is 1.86. The Hall–Kier alpha value is -2.46. The molecule has 10 heteroatoms. The van der Waals surface area contributed by atoms with E-state index in [1.54, 1.807) is 18.2 Å². The first-order chi connectivity index (χ1) is 14.7. The molecule has 0 aliphatic carbocycles. The zero-order valence-electron chi connectivity index (χ0n) is 17.0. The Morgan fingerprint density at radius 1 is 1.10 bits per heavy atom. The Morgan fingerprint density at radius 3 is 2.52 bits per heavy atom. The molecule has 3 amide bonds. The predicted molar refractivity (Wildman–Crippen MR) is 105 cm³/mol. The van der Waals surface area contributed by atoms with Gasteiger partial charge in [-0.25, -0.2) is 0 Å². The van der Waals surface area contributed by atoms with Crippen LogP contribution in [0.15, 0.2) is 18.2 Å². The van der Waals surface area contributed by atoms with Crippen molar-refractivity contribution in [2.45, 2.75) is 57.0 Å². The van der Waals surface area contributed by atoms with Gasteiger partial charge in [-0.2, -0.15) is 13.2 Å². The SMILES string of the molecule is O=C1CCC(N2Cc3cc(CN(CC(F)(F)F)C4CCNCC4)ccc3C2=O)C(=O)N1. The second-order valence-corrected chi connectivity index (χ2v) is 8.39. The average Bonchev–Trinajstić information content (AvgIpc) is 3.03. The molecule has 0 aromatic heterocycles. The van der Waals surface area contributed by atoms with Crippen LogP contribution in [-0.2, 0) is 22.7 Å². The zero-order valence-corrected chi connectivity index (χ0v) is 17.0. The molecule has 168 valence electrons. The highest BCUT2D eigenvalue weighted by atomic mass is 19.4. The Labute approximate surface area is 177 Å². The van der Waals surface area contributed by atoms with E-state index in [-0.39, 0.29) is 43.8 Å². The maximum Gasteiger partial charge on any atom is 0.401 e. The Bertz CT molecular complexity index is 883. The van der Waals surface area contributed by atoms with Gasteiger partial charge in [0.2, 0.25) is 11.8 Å². The maximum absolute atomic E-state index is 13.2. The number of hydrogen-bond donors (Lipinski definition) is 2. The molecule has 1 aromatic carbocycles. The minimum atomic E-state index is -4.29. The third-order valence-electron chi connectivity index (χ3n) is 6.18. The number of nitrogens with one attached hydrogen (secondary N) is 2. The summed E-state index contributed by atoms with van der Waals surface area (Å²) in [7, 11) is 0. The summed E-state index contributed by atoms with van der Waals surface area (Å²) in [5.74, 6) is -1.13. The molecule has 1 aromatic rings. The molecule has 0 saturated carbocycles. The van der Waals surface area contributed by atoms with Crippen LogP contribution in [0.3, 0.4) is 0 Å². The quantitative estimate of drug-likeness (QED) is 0.682. The van der Waals surface area contributed by atoms with E-state index in [1.165, 1.54) is 9.80 Å². The molecule has 4 rings (SSSR count). The Morgan fingerprint density at radius 2 is 1.84 bits per heavy atom.